The Bertz CT molecular complexity index is 928. The summed E-state index contributed by atoms with van der Waals surface area (Å²) in [6.45, 7) is 3.79. The minimum atomic E-state index is -1.34. The number of rotatable bonds is 5. The molecule has 1 aromatic carbocycles. The summed E-state index contributed by atoms with van der Waals surface area (Å²) >= 11 is 12.0. The van der Waals surface area contributed by atoms with Gasteiger partial charge in [0, 0.05) is 18.2 Å². The molecule has 0 radical (unpaired) electrons. The maximum absolute atomic E-state index is 12.4. The van der Waals surface area contributed by atoms with Gasteiger partial charge in [-0.25, -0.2) is 4.79 Å². The largest absolute Gasteiger partial charge is 0.477 e. The van der Waals surface area contributed by atoms with E-state index in [0.29, 0.717) is 17.1 Å². The van der Waals surface area contributed by atoms with Crippen molar-refractivity contribution in [3.05, 3.63) is 50.1 Å². The zero-order valence-corrected chi connectivity index (χ0v) is 15.1. The molecule has 2 rings (SSSR count). The highest BCUT2D eigenvalue weighted by Gasteiger charge is 2.23. The number of halogens is 2. The summed E-state index contributed by atoms with van der Waals surface area (Å²) in [7, 11) is 0. The number of carbonyl (C=O) groups is 1. The van der Waals surface area contributed by atoms with Gasteiger partial charge in [-0.1, -0.05) is 35.2 Å². The number of terminal acetylenes is 1. The second kappa shape index (κ2) is 7.64. The van der Waals surface area contributed by atoms with Crippen LogP contribution in [-0.4, -0.2) is 21.7 Å². The topological polar surface area (TPSA) is 68.5 Å². The lowest BCUT2D eigenvalue weighted by atomic mass is 10.0. The smallest absolute Gasteiger partial charge is 0.341 e. The van der Waals surface area contributed by atoms with E-state index in [9.17, 15) is 14.7 Å². The van der Waals surface area contributed by atoms with Gasteiger partial charge in [-0.2, -0.15) is 0 Å². The van der Waals surface area contributed by atoms with Crippen molar-refractivity contribution in [1.29, 1.82) is 0 Å². The zero-order valence-electron chi connectivity index (χ0n) is 13.5. The van der Waals surface area contributed by atoms with Crippen molar-refractivity contribution in [3.8, 4) is 29.5 Å². The molecule has 1 N–H and O–H groups in total. The van der Waals surface area contributed by atoms with E-state index in [4.69, 9.17) is 34.4 Å². The number of carboxylic acids is 1. The Morgan fingerprint density at radius 3 is 2.56 bits per heavy atom. The quantitative estimate of drug-likeness (QED) is 0.798. The lowest BCUT2D eigenvalue weighted by molar-refractivity contribution is 0.0695. The zero-order chi connectivity index (χ0) is 18.7. The molecular weight excluding hydrogens is 365 g/mol. The van der Waals surface area contributed by atoms with E-state index in [-0.39, 0.29) is 22.2 Å². The number of benzene rings is 1. The van der Waals surface area contributed by atoms with Gasteiger partial charge in [-0.05, 0) is 26.0 Å². The molecule has 1 heterocycles. The van der Waals surface area contributed by atoms with E-state index in [1.54, 1.807) is 24.5 Å². The highest BCUT2D eigenvalue weighted by Crippen LogP contribution is 2.32. The van der Waals surface area contributed by atoms with E-state index in [1.165, 1.54) is 12.1 Å². The molecule has 5 nitrogen and oxygen atoms in total. The third-order valence-corrected chi connectivity index (χ3v) is 4.27. The maximum Gasteiger partial charge on any atom is 0.341 e. The van der Waals surface area contributed by atoms with E-state index in [0.717, 1.165) is 6.07 Å². The summed E-state index contributed by atoms with van der Waals surface area (Å²) in [6.07, 6.45) is 4.74. The molecule has 0 amide bonds. The van der Waals surface area contributed by atoms with Crippen LogP contribution in [0.15, 0.2) is 29.1 Å². The van der Waals surface area contributed by atoms with Crippen LogP contribution in [0, 0.1) is 12.3 Å². The van der Waals surface area contributed by atoms with Crippen LogP contribution in [0.1, 0.15) is 24.2 Å². The number of carboxylic acid groups (broad SMARTS) is 1. The van der Waals surface area contributed by atoms with Crippen molar-refractivity contribution in [2.24, 2.45) is 0 Å². The molecule has 1 atom stereocenters. The number of aromatic nitrogens is 1. The predicted molar refractivity (Wildman–Crippen MR) is 97.7 cm³/mol. The molecule has 0 fully saturated rings. The highest BCUT2D eigenvalue weighted by molar-refractivity contribution is 6.42. The molecule has 0 saturated carbocycles. The van der Waals surface area contributed by atoms with Gasteiger partial charge in [-0.15, -0.1) is 6.42 Å². The van der Waals surface area contributed by atoms with Gasteiger partial charge in [0.2, 0.25) is 5.43 Å². The fourth-order valence-electron chi connectivity index (χ4n) is 2.40. The van der Waals surface area contributed by atoms with Crippen molar-refractivity contribution in [2.45, 2.75) is 26.5 Å². The lowest BCUT2D eigenvalue weighted by Crippen LogP contribution is -2.24. The molecule has 7 heteroatoms. The molecule has 130 valence electrons. The summed E-state index contributed by atoms with van der Waals surface area (Å²) in [5.74, 6) is 1.25. The molecule has 25 heavy (non-hydrogen) atoms. The molecule has 0 aliphatic heterocycles. The van der Waals surface area contributed by atoms with Crippen molar-refractivity contribution in [1.82, 2.24) is 4.57 Å². The lowest BCUT2D eigenvalue weighted by Gasteiger charge is -2.21. The number of hydrogen-bond acceptors (Lipinski definition) is 3. The van der Waals surface area contributed by atoms with Crippen LogP contribution >= 0.6 is 23.2 Å². The molecule has 0 aliphatic rings. The Labute approximate surface area is 154 Å². The first-order valence-corrected chi connectivity index (χ1v) is 8.15. The van der Waals surface area contributed by atoms with E-state index in [1.807, 2.05) is 0 Å². The molecular formula is C18H15Cl2NO4. The van der Waals surface area contributed by atoms with Gasteiger partial charge in [0.15, 0.2) is 12.0 Å². The third kappa shape index (κ3) is 3.81. The predicted octanol–water partition coefficient (Wildman–Crippen LogP) is 3.94. The third-order valence-electron chi connectivity index (χ3n) is 3.53. The number of hydrogen-bond donors (Lipinski definition) is 1. The van der Waals surface area contributed by atoms with Crippen molar-refractivity contribution >= 4 is 29.2 Å². The average Bonchev–Trinajstić information content (AvgIpc) is 2.56. The van der Waals surface area contributed by atoms with E-state index >= 15 is 0 Å². The van der Waals surface area contributed by atoms with Crippen LogP contribution in [0.5, 0.6) is 5.88 Å². The van der Waals surface area contributed by atoms with Crippen molar-refractivity contribution in [3.63, 3.8) is 0 Å². The number of pyridine rings is 1. The van der Waals surface area contributed by atoms with Gasteiger partial charge < -0.3 is 14.4 Å². The minimum Gasteiger partial charge on any atom is -0.477 e. The van der Waals surface area contributed by atoms with Crippen LogP contribution in [-0.2, 0) is 6.54 Å². The molecule has 0 bridgehead atoms. The Balaban J connectivity index is 2.86. The number of ether oxygens (including phenoxy) is 1. The second-order valence-corrected chi connectivity index (χ2v) is 5.99. The highest BCUT2D eigenvalue weighted by atomic mass is 35.5. The summed E-state index contributed by atoms with van der Waals surface area (Å²) < 4.78 is 7.16. The first-order chi connectivity index (χ1) is 11.8. The Morgan fingerprint density at radius 1 is 1.36 bits per heavy atom. The van der Waals surface area contributed by atoms with E-state index < -0.39 is 17.5 Å². The maximum atomic E-state index is 12.4. The Hall–Kier alpha value is -2.42. The van der Waals surface area contributed by atoms with Crippen LogP contribution < -0.4 is 10.2 Å². The minimum absolute atomic E-state index is 0.181. The summed E-state index contributed by atoms with van der Waals surface area (Å²) in [4.78, 5) is 24.1. The van der Waals surface area contributed by atoms with Crippen LogP contribution in [0.25, 0.3) is 11.3 Å². The van der Waals surface area contributed by atoms with Crippen molar-refractivity contribution in [2.75, 3.05) is 0 Å². The summed E-state index contributed by atoms with van der Waals surface area (Å²) in [6, 6.07) is 5.76. The second-order valence-electron chi connectivity index (χ2n) is 5.18. The Kier molecular flexibility index (Phi) is 5.78. The van der Waals surface area contributed by atoms with Gasteiger partial charge >= 0.3 is 5.97 Å². The van der Waals surface area contributed by atoms with Gasteiger partial charge in [-0.3, -0.25) is 4.79 Å². The fourth-order valence-corrected chi connectivity index (χ4v) is 2.70. The summed E-state index contributed by atoms with van der Waals surface area (Å²) in [5.41, 5.74) is -0.441. The van der Waals surface area contributed by atoms with Gasteiger partial charge in [0.25, 0.3) is 0 Å². The average molecular weight is 380 g/mol. The van der Waals surface area contributed by atoms with Gasteiger partial charge in [0.1, 0.15) is 5.56 Å². The van der Waals surface area contributed by atoms with Crippen molar-refractivity contribution < 1.29 is 14.6 Å². The molecule has 0 saturated heterocycles. The number of aromatic carboxylic acids is 1. The molecule has 1 unspecified atom stereocenters. The first-order valence-electron chi connectivity index (χ1n) is 7.39. The standard InChI is InChI=1S/C18H15Cl2NO4/c1-4-10(3)25-15-9-14(22)16(18(23)24)17(21(15)5-2)11-6-7-12(19)13(20)8-11/h1,6-10H,5H2,2-3H3,(H,23,24). The SMILES string of the molecule is C#CC(C)Oc1cc(=O)c(C(=O)O)c(-c2ccc(Cl)c(Cl)c2)n1CC. The fraction of sp³-hybridized carbons (Fsp3) is 0.222. The Morgan fingerprint density at radius 2 is 2.04 bits per heavy atom. The molecule has 0 aliphatic carbocycles. The van der Waals surface area contributed by atoms with Crippen LogP contribution in [0.4, 0.5) is 0 Å². The summed E-state index contributed by atoms with van der Waals surface area (Å²) in [5, 5.41) is 10.1. The van der Waals surface area contributed by atoms with Crippen LogP contribution in [0.3, 0.4) is 0 Å². The van der Waals surface area contributed by atoms with Crippen LogP contribution in [0.2, 0.25) is 10.0 Å². The van der Waals surface area contributed by atoms with E-state index in [2.05, 4.69) is 5.92 Å². The molecule has 1 aromatic heterocycles. The molecule has 0 spiro atoms. The first kappa shape index (κ1) is 18.9. The van der Waals surface area contributed by atoms with Gasteiger partial charge in [0.05, 0.1) is 15.7 Å². The molecule has 2 aromatic rings. The monoisotopic (exact) mass is 379 g/mol. The normalized spacial score (nSPS) is 11.6. The number of nitrogens with zero attached hydrogens (tertiary/aromatic N) is 1.